The molecule has 5 nitrogen and oxygen atoms in total. The molecule has 1 unspecified atom stereocenters. The van der Waals surface area contributed by atoms with Crippen molar-refractivity contribution in [3.05, 3.63) is 29.3 Å². The molecule has 0 heterocycles. The Bertz CT molecular complexity index is 468. The molecule has 0 saturated heterocycles. The lowest BCUT2D eigenvalue weighted by Crippen LogP contribution is -2.18. The van der Waals surface area contributed by atoms with E-state index in [2.05, 4.69) is 5.16 Å². The van der Waals surface area contributed by atoms with Gasteiger partial charge < -0.3 is 14.7 Å². The molecule has 1 N–H and O–H groups in total. The Morgan fingerprint density at radius 1 is 1.39 bits per heavy atom. The van der Waals surface area contributed by atoms with Gasteiger partial charge in [-0.15, -0.1) is 0 Å². The molecule has 1 atom stereocenters. The number of hydrogen-bond donors (Lipinski definition) is 1. The first-order valence-electron chi connectivity index (χ1n) is 5.53. The summed E-state index contributed by atoms with van der Waals surface area (Å²) in [6, 6.07) is 5.65. The van der Waals surface area contributed by atoms with Gasteiger partial charge in [-0.25, -0.2) is 4.79 Å². The number of benzene rings is 1. The number of hydrogen-bond acceptors (Lipinski definition) is 4. The Hall–Kier alpha value is -2.04. The van der Waals surface area contributed by atoms with Crippen molar-refractivity contribution in [1.82, 2.24) is 0 Å². The summed E-state index contributed by atoms with van der Waals surface area (Å²) in [6.07, 6.45) is -0.966. The third-order valence-corrected chi connectivity index (χ3v) is 2.40. The summed E-state index contributed by atoms with van der Waals surface area (Å²) in [6.45, 7) is 5.12. The van der Waals surface area contributed by atoms with Crippen LogP contribution >= 0.6 is 0 Å². The van der Waals surface area contributed by atoms with Crippen LogP contribution in [0.2, 0.25) is 0 Å². The molecule has 0 aliphatic carbocycles. The number of aryl methyl sites for hydroxylation is 1. The number of nitrogens with zero attached hydrogens (tertiary/aromatic N) is 1. The molecule has 5 heteroatoms. The zero-order valence-corrected chi connectivity index (χ0v) is 10.9. The minimum Gasteiger partial charge on any atom is -0.497 e. The molecule has 18 heavy (non-hydrogen) atoms. The lowest BCUT2D eigenvalue weighted by atomic mass is 10.1. The Balaban J connectivity index is 2.89. The maximum Gasteiger partial charge on any atom is 0.347 e. The fraction of sp³-hybridized carbons (Fsp3) is 0.385. The summed E-state index contributed by atoms with van der Waals surface area (Å²) in [5, 5.41) is 12.5. The highest BCUT2D eigenvalue weighted by atomic mass is 16.6. The van der Waals surface area contributed by atoms with Crippen LogP contribution in [0.15, 0.2) is 23.4 Å². The molecule has 0 aromatic heterocycles. The van der Waals surface area contributed by atoms with Crippen molar-refractivity contribution in [2.24, 2.45) is 5.16 Å². The minimum atomic E-state index is -1.05. The van der Waals surface area contributed by atoms with E-state index in [1.165, 1.54) is 6.92 Å². The van der Waals surface area contributed by atoms with Gasteiger partial charge in [0.2, 0.25) is 6.10 Å². The van der Waals surface area contributed by atoms with Gasteiger partial charge >= 0.3 is 5.97 Å². The third kappa shape index (κ3) is 3.76. The SMILES string of the molecule is COc1cc(C)cc(/C(C)=N/OC(C)C(=O)O)c1. The standard InChI is InChI=1S/C13H17NO4/c1-8-5-11(7-12(6-8)17-4)9(2)14-18-10(3)13(15)16/h5-7,10H,1-4H3,(H,15,16)/b14-9+. The summed E-state index contributed by atoms with van der Waals surface area (Å²) in [7, 11) is 1.59. The molecule has 0 radical (unpaired) electrons. The van der Waals surface area contributed by atoms with Crippen molar-refractivity contribution < 1.29 is 19.5 Å². The number of methoxy groups -OCH3 is 1. The molecule has 98 valence electrons. The van der Waals surface area contributed by atoms with Gasteiger partial charge in [-0.1, -0.05) is 5.16 Å². The smallest absolute Gasteiger partial charge is 0.347 e. The maximum atomic E-state index is 10.6. The molecule has 0 aliphatic heterocycles. The van der Waals surface area contributed by atoms with Gasteiger partial charge in [0.25, 0.3) is 0 Å². The maximum absolute atomic E-state index is 10.6. The number of carbonyl (C=O) groups is 1. The molecular weight excluding hydrogens is 234 g/mol. The number of rotatable bonds is 5. The summed E-state index contributed by atoms with van der Waals surface area (Å²) >= 11 is 0. The Kier molecular flexibility index (Phi) is 4.71. The summed E-state index contributed by atoms with van der Waals surface area (Å²) < 4.78 is 5.16. The molecule has 0 saturated carbocycles. The highest BCUT2D eigenvalue weighted by Gasteiger charge is 2.11. The zero-order valence-electron chi connectivity index (χ0n) is 10.9. The predicted octanol–water partition coefficient (Wildman–Crippen LogP) is 2.22. The number of oxime groups is 1. The quantitative estimate of drug-likeness (QED) is 0.643. The number of aliphatic carboxylic acids is 1. The van der Waals surface area contributed by atoms with E-state index in [-0.39, 0.29) is 0 Å². The van der Waals surface area contributed by atoms with Crippen LogP contribution in [0.5, 0.6) is 5.75 Å². The van der Waals surface area contributed by atoms with E-state index in [0.29, 0.717) is 5.71 Å². The van der Waals surface area contributed by atoms with Crippen LogP contribution in [-0.2, 0) is 9.63 Å². The first kappa shape index (κ1) is 14.0. The second-order valence-electron chi connectivity index (χ2n) is 4.00. The van der Waals surface area contributed by atoms with Crippen molar-refractivity contribution >= 4 is 11.7 Å². The van der Waals surface area contributed by atoms with Crippen molar-refractivity contribution in [1.29, 1.82) is 0 Å². The topological polar surface area (TPSA) is 68.1 Å². The molecule has 1 aromatic carbocycles. The number of carboxylic acid groups (broad SMARTS) is 1. The lowest BCUT2D eigenvalue weighted by molar-refractivity contribution is -0.149. The summed E-state index contributed by atoms with van der Waals surface area (Å²) in [5.41, 5.74) is 2.47. The van der Waals surface area contributed by atoms with Crippen molar-refractivity contribution in [3.63, 3.8) is 0 Å². The molecule has 1 rings (SSSR count). The molecule has 0 fully saturated rings. The van der Waals surface area contributed by atoms with E-state index < -0.39 is 12.1 Å². The van der Waals surface area contributed by atoms with Gasteiger partial charge in [0.1, 0.15) is 5.75 Å². The van der Waals surface area contributed by atoms with Crippen LogP contribution in [0.3, 0.4) is 0 Å². The van der Waals surface area contributed by atoms with Gasteiger partial charge in [-0.2, -0.15) is 0 Å². The monoisotopic (exact) mass is 251 g/mol. The van der Waals surface area contributed by atoms with Crippen molar-refractivity contribution in [2.75, 3.05) is 7.11 Å². The van der Waals surface area contributed by atoms with E-state index in [1.807, 2.05) is 25.1 Å². The van der Waals surface area contributed by atoms with Gasteiger partial charge in [0, 0.05) is 5.56 Å². The summed E-state index contributed by atoms with van der Waals surface area (Å²) in [5.74, 6) is -0.320. The molecule has 1 aromatic rings. The van der Waals surface area contributed by atoms with Crippen LogP contribution in [0.25, 0.3) is 0 Å². The Labute approximate surface area is 106 Å². The van der Waals surface area contributed by atoms with Crippen LogP contribution in [0.1, 0.15) is 25.0 Å². The molecule has 0 aliphatic rings. The first-order valence-corrected chi connectivity index (χ1v) is 5.53. The second-order valence-corrected chi connectivity index (χ2v) is 4.00. The zero-order chi connectivity index (χ0) is 13.7. The molecule has 0 spiro atoms. The normalized spacial score (nSPS) is 13.0. The predicted molar refractivity (Wildman–Crippen MR) is 68.1 cm³/mol. The van der Waals surface area contributed by atoms with Gasteiger partial charge in [-0.05, 0) is 44.5 Å². The van der Waals surface area contributed by atoms with E-state index in [1.54, 1.807) is 14.0 Å². The van der Waals surface area contributed by atoms with Crippen molar-refractivity contribution in [2.45, 2.75) is 26.9 Å². The summed E-state index contributed by atoms with van der Waals surface area (Å²) in [4.78, 5) is 15.5. The fourth-order valence-electron chi connectivity index (χ4n) is 1.33. The fourth-order valence-corrected chi connectivity index (χ4v) is 1.33. The van der Waals surface area contributed by atoms with Crippen LogP contribution < -0.4 is 4.74 Å². The van der Waals surface area contributed by atoms with Gasteiger partial charge in [0.15, 0.2) is 0 Å². The first-order chi connectivity index (χ1) is 8.43. The highest BCUT2D eigenvalue weighted by Crippen LogP contribution is 2.17. The lowest BCUT2D eigenvalue weighted by Gasteiger charge is -2.08. The van der Waals surface area contributed by atoms with Crippen LogP contribution in [0.4, 0.5) is 0 Å². The molecular formula is C13H17NO4. The number of ether oxygens (including phenoxy) is 1. The van der Waals surface area contributed by atoms with E-state index in [0.717, 1.165) is 16.9 Å². The van der Waals surface area contributed by atoms with Crippen LogP contribution in [0, 0.1) is 6.92 Å². The Morgan fingerprint density at radius 3 is 2.61 bits per heavy atom. The second kappa shape index (κ2) is 6.05. The molecule has 0 bridgehead atoms. The van der Waals surface area contributed by atoms with E-state index in [4.69, 9.17) is 14.7 Å². The van der Waals surface area contributed by atoms with E-state index >= 15 is 0 Å². The minimum absolute atomic E-state index is 0.602. The highest BCUT2D eigenvalue weighted by molar-refractivity contribution is 5.98. The average molecular weight is 251 g/mol. The Morgan fingerprint density at radius 2 is 2.06 bits per heavy atom. The number of carboxylic acids is 1. The van der Waals surface area contributed by atoms with Gasteiger partial charge in [0.05, 0.1) is 12.8 Å². The van der Waals surface area contributed by atoms with E-state index in [9.17, 15) is 4.79 Å². The van der Waals surface area contributed by atoms with Crippen molar-refractivity contribution in [3.8, 4) is 5.75 Å². The largest absolute Gasteiger partial charge is 0.497 e. The van der Waals surface area contributed by atoms with Crippen LogP contribution in [-0.4, -0.2) is 30.0 Å². The third-order valence-electron chi connectivity index (χ3n) is 2.40. The average Bonchev–Trinajstić information content (AvgIpc) is 2.34. The van der Waals surface area contributed by atoms with Gasteiger partial charge in [-0.3, -0.25) is 0 Å². The molecule has 0 amide bonds.